The summed E-state index contributed by atoms with van der Waals surface area (Å²) in [6.07, 6.45) is -3.91. The second-order valence-electron chi connectivity index (χ2n) is 3.77. The molecule has 1 N–H and O–H groups in total. The van der Waals surface area contributed by atoms with Gasteiger partial charge in [-0.25, -0.2) is 14.2 Å². The highest BCUT2D eigenvalue weighted by Gasteiger charge is 2.33. The number of nitrogens with zero attached hydrogens (tertiary/aromatic N) is 2. The van der Waals surface area contributed by atoms with Crippen molar-refractivity contribution in [2.24, 2.45) is 0 Å². The number of benzene rings is 1. The van der Waals surface area contributed by atoms with Crippen LogP contribution < -0.4 is 4.74 Å². The topological polar surface area (TPSA) is 72.3 Å². The first-order valence-corrected chi connectivity index (χ1v) is 5.38. The van der Waals surface area contributed by atoms with Gasteiger partial charge in [0.05, 0.1) is 0 Å². The highest BCUT2D eigenvalue weighted by molar-refractivity contribution is 5.90. The molecule has 0 saturated heterocycles. The molecule has 0 bridgehead atoms. The molecule has 9 heteroatoms. The highest BCUT2D eigenvalue weighted by atomic mass is 19.4. The van der Waals surface area contributed by atoms with E-state index in [1.807, 2.05) is 0 Å². The minimum Gasteiger partial charge on any atom is -0.478 e. The number of carboxylic acids is 1. The van der Waals surface area contributed by atoms with Crippen molar-refractivity contribution in [1.82, 2.24) is 9.97 Å². The van der Waals surface area contributed by atoms with Crippen LogP contribution >= 0.6 is 0 Å². The molecule has 1 heterocycles. The smallest absolute Gasteiger partial charge is 0.433 e. The predicted octanol–water partition coefficient (Wildman–Crippen LogP) is 3.13. The van der Waals surface area contributed by atoms with Crippen LogP contribution in [0.1, 0.15) is 16.1 Å². The molecule has 0 aliphatic rings. The van der Waals surface area contributed by atoms with Crippen LogP contribution in [0.2, 0.25) is 0 Å². The summed E-state index contributed by atoms with van der Waals surface area (Å²) < 4.78 is 55.4. The van der Waals surface area contributed by atoms with Crippen molar-refractivity contribution in [2.75, 3.05) is 0 Å². The van der Waals surface area contributed by atoms with Gasteiger partial charge in [0, 0.05) is 12.3 Å². The number of carbonyl (C=O) groups is 1. The van der Waals surface area contributed by atoms with Crippen molar-refractivity contribution < 1.29 is 32.2 Å². The molecule has 21 heavy (non-hydrogen) atoms. The average molecular weight is 302 g/mol. The van der Waals surface area contributed by atoms with Crippen LogP contribution in [0.25, 0.3) is 0 Å². The largest absolute Gasteiger partial charge is 0.478 e. The van der Waals surface area contributed by atoms with E-state index in [4.69, 9.17) is 9.84 Å². The van der Waals surface area contributed by atoms with Crippen LogP contribution in [-0.2, 0) is 6.18 Å². The van der Waals surface area contributed by atoms with Crippen molar-refractivity contribution >= 4 is 5.97 Å². The molecule has 0 amide bonds. The van der Waals surface area contributed by atoms with Gasteiger partial charge >= 0.3 is 18.2 Å². The summed E-state index contributed by atoms with van der Waals surface area (Å²) in [6, 6.07) is 2.39. The van der Waals surface area contributed by atoms with Gasteiger partial charge in [0.15, 0.2) is 5.69 Å². The molecule has 0 radical (unpaired) electrons. The van der Waals surface area contributed by atoms with E-state index in [9.17, 15) is 22.4 Å². The second kappa shape index (κ2) is 5.35. The zero-order valence-electron chi connectivity index (χ0n) is 10.1. The molecule has 0 unspecified atom stereocenters. The lowest BCUT2D eigenvalue weighted by Gasteiger charge is -2.09. The number of halogens is 4. The quantitative estimate of drug-likeness (QED) is 0.882. The van der Waals surface area contributed by atoms with Gasteiger partial charge in [0.1, 0.15) is 17.1 Å². The van der Waals surface area contributed by atoms with Gasteiger partial charge in [-0.1, -0.05) is 0 Å². The SMILES string of the molecule is O=C(O)c1ccc(F)cc1Oc1nccc(C(F)(F)F)n1. The minimum absolute atomic E-state index is 0.433. The Balaban J connectivity index is 2.39. The van der Waals surface area contributed by atoms with Crippen molar-refractivity contribution in [3.63, 3.8) is 0 Å². The number of ether oxygens (including phenoxy) is 1. The Bertz CT molecular complexity index is 688. The number of alkyl halides is 3. The van der Waals surface area contributed by atoms with E-state index in [2.05, 4.69) is 9.97 Å². The summed E-state index contributed by atoms with van der Waals surface area (Å²) in [4.78, 5) is 17.5. The fourth-order valence-corrected chi connectivity index (χ4v) is 1.40. The molecule has 1 aromatic carbocycles. The normalized spacial score (nSPS) is 11.2. The Labute approximate surface area is 114 Å². The van der Waals surface area contributed by atoms with Gasteiger partial charge in [0.25, 0.3) is 0 Å². The molecule has 0 aliphatic carbocycles. The molecule has 0 aliphatic heterocycles. The fourth-order valence-electron chi connectivity index (χ4n) is 1.40. The zero-order chi connectivity index (χ0) is 15.6. The monoisotopic (exact) mass is 302 g/mol. The van der Waals surface area contributed by atoms with Gasteiger partial charge in [-0.15, -0.1) is 0 Å². The summed E-state index contributed by atoms with van der Waals surface area (Å²) in [6.45, 7) is 0. The van der Waals surface area contributed by atoms with E-state index in [1.54, 1.807) is 0 Å². The van der Waals surface area contributed by atoms with Crippen LogP contribution in [-0.4, -0.2) is 21.0 Å². The Kier molecular flexibility index (Phi) is 3.74. The summed E-state index contributed by atoms with van der Waals surface area (Å²) in [5.74, 6) is -2.75. The van der Waals surface area contributed by atoms with Crippen molar-refractivity contribution in [3.8, 4) is 11.8 Å². The Morgan fingerprint density at radius 3 is 2.57 bits per heavy atom. The third-order valence-corrected chi connectivity index (χ3v) is 2.30. The van der Waals surface area contributed by atoms with E-state index in [0.717, 1.165) is 18.3 Å². The number of aromatic carboxylic acids is 1. The van der Waals surface area contributed by atoms with E-state index >= 15 is 0 Å². The summed E-state index contributed by atoms with van der Waals surface area (Å²) in [7, 11) is 0. The lowest BCUT2D eigenvalue weighted by Crippen LogP contribution is -2.09. The zero-order valence-corrected chi connectivity index (χ0v) is 10.1. The van der Waals surface area contributed by atoms with Crippen LogP contribution in [0, 0.1) is 5.82 Å². The third-order valence-electron chi connectivity index (χ3n) is 2.30. The van der Waals surface area contributed by atoms with Crippen LogP contribution in [0.4, 0.5) is 17.6 Å². The molecule has 2 rings (SSSR count). The molecular weight excluding hydrogens is 296 g/mol. The van der Waals surface area contributed by atoms with E-state index in [0.29, 0.717) is 12.1 Å². The molecule has 2 aromatic rings. The number of carboxylic acid groups (broad SMARTS) is 1. The lowest BCUT2D eigenvalue weighted by atomic mass is 10.2. The first kappa shape index (κ1) is 14.7. The maximum Gasteiger partial charge on any atom is 0.433 e. The molecule has 0 saturated carbocycles. The fraction of sp³-hybridized carbons (Fsp3) is 0.0833. The average Bonchev–Trinajstić information content (AvgIpc) is 2.37. The molecule has 0 atom stereocenters. The minimum atomic E-state index is -4.71. The predicted molar refractivity (Wildman–Crippen MR) is 60.5 cm³/mol. The van der Waals surface area contributed by atoms with Crippen molar-refractivity contribution in [3.05, 3.63) is 47.5 Å². The van der Waals surface area contributed by atoms with Gasteiger partial charge in [-0.05, 0) is 18.2 Å². The van der Waals surface area contributed by atoms with Gasteiger partial charge in [-0.2, -0.15) is 18.2 Å². The summed E-state index contributed by atoms with van der Waals surface area (Å²) in [5, 5.41) is 8.90. The molecule has 0 fully saturated rings. The highest BCUT2D eigenvalue weighted by Crippen LogP contribution is 2.29. The first-order chi connectivity index (χ1) is 9.77. The summed E-state index contributed by atoms with van der Waals surface area (Å²) >= 11 is 0. The second-order valence-corrected chi connectivity index (χ2v) is 3.77. The maximum atomic E-state index is 13.1. The number of rotatable bonds is 3. The Morgan fingerprint density at radius 1 is 1.24 bits per heavy atom. The molecule has 0 spiro atoms. The Morgan fingerprint density at radius 2 is 1.95 bits per heavy atom. The number of hydrogen-bond donors (Lipinski definition) is 1. The Hall–Kier alpha value is -2.71. The van der Waals surface area contributed by atoms with Gasteiger partial charge in [0.2, 0.25) is 0 Å². The first-order valence-electron chi connectivity index (χ1n) is 5.38. The molecule has 110 valence electrons. The standard InChI is InChI=1S/C12H6F4N2O3/c13-6-1-2-7(10(19)20)8(5-6)21-11-17-4-3-9(18-11)12(14,15)16/h1-5H,(H,19,20). The maximum absolute atomic E-state index is 13.1. The third kappa shape index (κ3) is 3.44. The van der Waals surface area contributed by atoms with E-state index in [1.165, 1.54) is 0 Å². The number of hydrogen-bond acceptors (Lipinski definition) is 4. The molecule has 5 nitrogen and oxygen atoms in total. The van der Waals surface area contributed by atoms with Gasteiger partial charge in [-0.3, -0.25) is 0 Å². The summed E-state index contributed by atoms with van der Waals surface area (Å²) in [5.41, 5.74) is -1.70. The lowest BCUT2D eigenvalue weighted by molar-refractivity contribution is -0.141. The van der Waals surface area contributed by atoms with Crippen molar-refractivity contribution in [2.45, 2.75) is 6.18 Å². The van der Waals surface area contributed by atoms with Crippen molar-refractivity contribution in [1.29, 1.82) is 0 Å². The van der Waals surface area contributed by atoms with Crippen LogP contribution in [0.5, 0.6) is 11.8 Å². The van der Waals surface area contributed by atoms with Crippen LogP contribution in [0.15, 0.2) is 30.5 Å². The van der Waals surface area contributed by atoms with E-state index < -0.39 is 41.0 Å². The molecule has 1 aromatic heterocycles. The molecular formula is C12H6F4N2O3. The number of aromatic nitrogens is 2. The van der Waals surface area contributed by atoms with E-state index in [-0.39, 0.29) is 0 Å². The van der Waals surface area contributed by atoms with Gasteiger partial charge < -0.3 is 9.84 Å². The van der Waals surface area contributed by atoms with Crippen LogP contribution in [0.3, 0.4) is 0 Å².